The summed E-state index contributed by atoms with van der Waals surface area (Å²) in [4.78, 5) is 21.3. The summed E-state index contributed by atoms with van der Waals surface area (Å²) in [5, 5.41) is 9.12. The van der Waals surface area contributed by atoms with Crippen LogP contribution in [0.5, 0.6) is 5.75 Å². The maximum Gasteiger partial charge on any atom is 0.150 e. The normalized spacial score (nSPS) is 9.62. The quantitative estimate of drug-likeness (QED) is 0.710. The molecule has 0 unspecified atom stereocenters. The minimum Gasteiger partial charge on any atom is -0.508 e. The van der Waals surface area contributed by atoms with Crippen LogP contribution in [0.3, 0.4) is 0 Å². The van der Waals surface area contributed by atoms with Gasteiger partial charge in [-0.3, -0.25) is 9.59 Å². The van der Waals surface area contributed by atoms with Crippen molar-refractivity contribution in [3.05, 3.63) is 29.3 Å². The summed E-state index contributed by atoms with van der Waals surface area (Å²) in [6, 6.07) is 4.36. The zero-order chi connectivity index (χ0) is 9.84. The Hall–Kier alpha value is -1.64. The molecule has 0 fully saturated rings. The van der Waals surface area contributed by atoms with E-state index in [4.69, 9.17) is 5.11 Å². The Morgan fingerprint density at radius 1 is 1.54 bits per heavy atom. The van der Waals surface area contributed by atoms with E-state index >= 15 is 0 Å². The van der Waals surface area contributed by atoms with Crippen LogP contribution in [0.1, 0.15) is 22.8 Å². The molecule has 68 valence electrons. The lowest BCUT2D eigenvalue weighted by atomic mass is 10.0. The van der Waals surface area contributed by atoms with Crippen LogP contribution in [-0.2, 0) is 11.2 Å². The number of benzene rings is 1. The molecule has 0 aromatic heterocycles. The maximum atomic E-state index is 10.8. The van der Waals surface area contributed by atoms with E-state index in [0.29, 0.717) is 17.4 Å². The van der Waals surface area contributed by atoms with Crippen LogP contribution in [0.25, 0.3) is 0 Å². The number of aldehydes is 1. The zero-order valence-electron chi connectivity index (χ0n) is 7.28. The molecule has 0 aliphatic rings. The SMILES string of the molecule is CC(=O)Cc1cc(O)ccc1C=O. The summed E-state index contributed by atoms with van der Waals surface area (Å²) in [5.74, 6) is 0.0375. The summed E-state index contributed by atoms with van der Waals surface area (Å²) in [6.45, 7) is 1.44. The molecular formula is C10H10O3. The second-order valence-corrected chi connectivity index (χ2v) is 2.88. The van der Waals surface area contributed by atoms with Gasteiger partial charge in [0, 0.05) is 12.0 Å². The van der Waals surface area contributed by atoms with Crippen molar-refractivity contribution in [1.82, 2.24) is 0 Å². The number of carbonyl (C=O) groups is 2. The van der Waals surface area contributed by atoms with Gasteiger partial charge >= 0.3 is 0 Å². The molecular weight excluding hydrogens is 168 g/mol. The topological polar surface area (TPSA) is 54.4 Å². The molecule has 0 bridgehead atoms. The third kappa shape index (κ3) is 2.40. The molecule has 3 nitrogen and oxygen atoms in total. The first-order chi connectivity index (χ1) is 6.13. The Morgan fingerprint density at radius 3 is 2.77 bits per heavy atom. The van der Waals surface area contributed by atoms with E-state index < -0.39 is 0 Å². The van der Waals surface area contributed by atoms with E-state index in [2.05, 4.69) is 0 Å². The van der Waals surface area contributed by atoms with Crippen LogP contribution >= 0.6 is 0 Å². The molecule has 0 saturated carbocycles. The number of ketones is 1. The first-order valence-corrected chi connectivity index (χ1v) is 3.90. The molecule has 1 aromatic carbocycles. The third-order valence-corrected chi connectivity index (χ3v) is 1.69. The maximum absolute atomic E-state index is 10.8. The molecule has 13 heavy (non-hydrogen) atoms. The van der Waals surface area contributed by atoms with Crippen molar-refractivity contribution in [2.75, 3.05) is 0 Å². The number of phenolic OH excluding ortho intramolecular Hbond substituents is 1. The number of Topliss-reactive ketones (excluding diaryl/α,β-unsaturated/α-hetero) is 1. The number of aromatic hydroxyl groups is 1. The lowest BCUT2D eigenvalue weighted by Gasteiger charge is -2.02. The van der Waals surface area contributed by atoms with Gasteiger partial charge in [0.1, 0.15) is 17.8 Å². The second-order valence-electron chi connectivity index (χ2n) is 2.88. The van der Waals surface area contributed by atoms with Crippen molar-refractivity contribution < 1.29 is 14.7 Å². The Balaban J connectivity index is 3.07. The molecule has 1 aromatic rings. The van der Waals surface area contributed by atoms with Crippen LogP contribution in [0.4, 0.5) is 0 Å². The van der Waals surface area contributed by atoms with Crippen molar-refractivity contribution in [2.45, 2.75) is 13.3 Å². The smallest absolute Gasteiger partial charge is 0.150 e. The van der Waals surface area contributed by atoms with E-state index in [9.17, 15) is 9.59 Å². The first-order valence-electron chi connectivity index (χ1n) is 3.90. The van der Waals surface area contributed by atoms with Crippen molar-refractivity contribution >= 4 is 12.1 Å². The summed E-state index contributed by atoms with van der Waals surface area (Å²) in [5.41, 5.74) is 1.02. The lowest BCUT2D eigenvalue weighted by molar-refractivity contribution is -0.116. The van der Waals surface area contributed by atoms with Crippen molar-refractivity contribution in [3.63, 3.8) is 0 Å². The molecule has 0 aliphatic heterocycles. The summed E-state index contributed by atoms with van der Waals surface area (Å²) in [7, 11) is 0. The Kier molecular flexibility index (Phi) is 2.80. The standard InChI is InChI=1S/C10H10O3/c1-7(12)4-9-5-10(13)3-2-8(9)6-11/h2-3,5-6,13H,4H2,1H3. The fraction of sp³-hybridized carbons (Fsp3) is 0.200. The van der Waals surface area contributed by atoms with Gasteiger partial charge in [-0.25, -0.2) is 0 Å². The van der Waals surface area contributed by atoms with Crippen LogP contribution in [0, 0.1) is 0 Å². The third-order valence-electron chi connectivity index (χ3n) is 1.69. The highest BCUT2D eigenvalue weighted by Crippen LogP contribution is 2.15. The minimum atomic E-state index is -0.0336. The Bertz CT molecular complexity index is 342. The van der Waals surface area contributed by atoms with Gasteiger partial charge in [0.05, 0.1) is 0 Å². The van der Waals surface area contributed by atoms with Gasteiger partial charge in [-0.1, -0.05) is 0 Å². The van der Waals surface area contributed by atoms with Gasteiger partial charge in [-0.2, -0.15) is 0 Å². The second kappa shape index (κ2) is 3.85. The number of carbonyl (C=O) groups excluding carboxylic acids is 2. The highest BCUT2D eigenvalue weighted by molar-refractivity contribution is 5.84. The van der Waals surface area contributed by atoms with Crippen LogP contribution in [0.15, 0.2) is 18.2 Å². The summed E-state index contributed by atoms with van der Waals surface area (Å²) < 4.78 is 0. The van der Waals surface area contributed by atoms with Gasteiger partial charge in [0.25, 0.3) is 0 Å². The van der Waals surface area contributed by atoms with Crippen molar-refractivity contribution in [1.29, 1.82) is 0 Å². The van der Waals surface area contributed by atoms with Gasteiger partial charge in [0.2, 0.25) is 0 Å². The van der Waals surface area contributed by atoms with E-state index in [1.807, 2.05) is 0 Å². The predicted molar refractivity (Wildman–Crippen MR) is 47.9 cm³/mol. The van der Waals surface area contributed by atoms with Crippen molar-refractivity contribution in [3.8, 4) is 5.75 Å². The fourth-order valence-corrected chi connectivity index (χ4v) is 1.13. The van der Waals surface area contributed by atoms with E-state index in [1.165, 1.54) is 25.1 Å². The van der Waals surface area contributed by atoms with E-state index in [1.54, 1.807) is 0 Å². The average Bonchev–Trinajstić information content (AvgIpc) is 2.03. The molecule has 0 aliphatic carbocycles. The molecule has 0 radical (unpaired) electrons. The van der Waals surface area contributed by atoms with Gasteiger partial charge in [-0.05, 0) is 30.7 Å². The van der Waals surface area contributed by atoms with Gasteiger partial charge < -0.3 is 5.11 Å². The number of phenols is 1. The molecule has 0 amide bonds. The van der Waals surface area contributed by atoms with Crippen LogP contribution in [-0.4, -0.2) is 17.2 Å². The first kappa shape index (κ1) is 9.45. The largest absolute Gasteiger partial charge is 0.508 e. The Labute approximate surface area is 76.0 Å². The molecule has 3 heteroatoms. The number of rotatable bonds is 3. The zero-order valence-corrected chi connectivity index (χ0v) is 7.28. The minimum absolute atomic E-state index is 0.0336. The van der Waals surface area contributed by atoms with E-state index in [0.717, 1.165) is 0 Å². The molecule has 0 spiro atoms. The van der Waals surface area contributed by atoms with E-state index in [-0.39, 0.29) is 18.0 Å². The molecule has 0 heterocycles. The van der Waals surface area contributed by atoms with Crippen LogP contribution in [0.2, 0.25) is 0 Å². The predicted octanol–water partition coefficient (Wildman–Crippen LogP) is 1.34. The van der Waals surface area contributed by atoms with Gasteiger partial charge in [0.15, 0.2) is 0 Å². The van der Waals surface area contributed by atoms with Crippen LogP contribution < -0.4 is 0 Å². The average molecular weight is 178 g/mol. The Morgan fingerprint density at radius 2 is 2.23 bits per heavy atom. The molecule has 1 N–H and O–H groups in total. The molecule has 0 saturated heterocycles. The highest BCUT2D eigenvalue weighted by Gasteiger charge is 2.04. The molecule has 0 atom stereocenters. The fourth-order valence-electron chi connectivity index (χ4n) is 1.13. The highest BCUT2D eigenvalue weighted by atomic mass is 16.3. The summed E-state index contributed by atoms with van der Waals surface area (Å²) in [6.07, 6.45) is 0.861. The summed E-state index contributed by atoms with van der Waals surface area (Å²) >= 11 is 0. The lowest BCUT2D eigenvalue weighted by Crippen LogP contribution is -2.00. The number of hydrogen-bond acceptors (Lipinski definition) is 3. The molecule has 1 rings (SSSR count). The van der Waals surface area contributed by atoms with Gasteiger partial charge in [-0.15, -0.1) is 0 Å². The van der Waals surface area contributed by atoms with Crippen molar-refractivity contribution in [2.24, 2.45) is 0 Å². The number of hydrogen-bond donors (Lipinski definition) is 1. The monoisotopic (exact) mass is 178 g/mol.